The lowest BCUT2D eigenvalue weighted by Gasteiger charge is -2.12. The number of carbonyl (C=O) groups excluding carboxylic acids is 1. The fraction of sp³-hybridized carbons (Fsp3) is 0.111. The molecule has 1 aliphatic rings. The Balaban J connectivity index is 1.76. The van der Waals surface area contributed by atoms with Crippen LogP contribution in [0.15, 0.2) is 42.5 Å². The molecule has 2 aromatic carbocycles. The van der Waals surface area contributed by atoms with Gasteiger partial charge in [0.05, 0.1) is 11.4 Å². The lowest BCUT2D eigenvalue weighted by atomic mass is 10.1. The highest BCUT2D eigenvalue weighted by molar-refractivity contribution is 7.98. The molecule has 4 rings (SSSR count). The number of rotatable bonds is 3. The number of hydrogen-bond acceptors (Lipinski definition) is 3. The highest BCUT2D eigenvalue weighted by atomic mass is 32.2. The molecule has 26 heavy (non-hydrogen) atoms. The average Bonchev–Trinajstić information content (AvgIpc) is 3.18. The van der Waals surface area contributed by atoms with Crippen LogP contribution in [0.4, 0.5) is 19.0 Å². The van der Waals surface area contributed by atoms with Crippen molar-refractivity contribution in [1.82, 2.24) is 9.78 Å². The number of anilines is 1. The fourth-order valence-corrected chi connectivity index (χ4v) is 3.83. The van der Waals surface area contributed by atoms with Crippen LogP contribution in [0.3, 0.4) is 0 Å². The number of thioether (sulfide) groups is 1. The van der Waals surface area contributed by atoms with Gasteiger partial charge in [0.15, 0.2) is 0 Å². The van der Waals surface area contributed by atoms with Gasteiger partial charge in [0, 0.05) is 17.1 Å². The zero-order valence-electron chi connectivity index (χ0n) is 13.3. The van der Waals surface area contributed by atoms with Crippen LogP contribution in [0.1, 0.15) is 21.6 Å². The van der Waals surface area contributed by atoms with E-state index in [1.807, 2.05) is 0 Å². The molecule has 0 saturated heterocycles. The molecular formula is C18H12F3N3OS. The number of hydrogen-bond donors (Lipinski definition) is 1. The number of benzene rings is 2. The van der Waals surface area contributed by atoms with Gasteiger partial charge in [-0.3, -0.25) is 4.79 Å². The van der Waals surface area contributed by atoms with Crippen LogP contribution >= 0.6 is 11.8 Å². The van der Waals surface area contributed by atoms with Gasteiger partial charge in [-0.2, -0.15) is 16.9 Å². The summed E-state index contributed by atoms with van der Waals surface area (Å²) >= 11 is 1.62. The van der Waals surface area contributed by atoms with E-state index in [4.69, 9.17) is 0 Å². The molecule has 0 atom stereocenters. The molecule has 0 saturated carbocycles. The van der Waals surface area contributed by atoms with E-state index in [-0.39, 0.29) is 0 Å². The number of nitrogens with one attached hydrogen (secondary N) is 1. The first kappa shape index (κ1) is 16.7. The second-order valence-corrected chi connectivity index (χ2v) is 6.69. The Labute approximate surface area is 151 Å². The Morgan fingerprint density at radius 2 is 1.73 bits per heavy atom. The minimum atomic E-state index is -0.943. The normalized spacial score (nSPS) is 12.9. The van der Waals surface area contributed by atoms with Crippen molar-refractivity contribution < 1.29 is 18.0 Å². The van der Waals surface area contributed by atoms with Crippen LogP contribution in [0, 0.1) is 17.5 Å². The van der Waals surface area contributed by atoms with Crippen molar-refractivity contribution in [1.29, 1.82) is 0 Å². The number of nitrogens with zero attached hydrogens (tertiary/aromatic N) is 2. The van der Waals surface area contributed by atoms with Crippen molar-refractivity contribution in [2.24, 2.45) is 0 Å². The smallest absolute Gasteiger partial charge is 0.262 e. The SMILES string of the molecule is O=C(Nc1c2c(nn1-c1ccc(F)cc1)CSC2)c1c(F)cccc1F. The fourth-order valence-electron chi connectivity index (χ4n) is 2.80. The number of aromatic nitrogens is 2. The van der Waals surface area contributed by atoms with E-state index in [0.29, 0.717) is 23.0 Å². The summed E-state index contributed by atoms with van der Waals surface area (Å²) in [6.45, 7) is 0. The number of carbonyl (C=O) groups is 1. The monoisotopic (exact) mass is 375 g/mol. The molecule has 1 amide bonds. The summed E-state index contributed by atoms with van der Waals surface area (Å²) in [5.41, 5.74) is 1.46. The van der Waals surface area contributed by atoms with Gasteiger partial charge in [-0.05, 0) is 36.4 Å². The molecule has 1 aromatic heterocycles. The summed E-state index contributed by atoms with van der Waals surface area (Å²) in [6.07, 6.45) is 0. The largest absolute Gasteiger partial charge is 0.306 e. The Morgan fingerprint density at radius 1 is 1.04 bits per heavy atom. The highest BCUT2D eigenvalue weighted by Gasteiger charge is 2.26. The van der Waals surface area contributed by atoms with Crippen LogP contribution in [-0.2, 0) is 11.5 Å². The quantitative estimate of drug-likeness (QED) is 0.743. The van der Waals surface area contributed by atoms with Crippen LogP contribution in [0.2, 0.25) is 0 Å². The predicted octanol–water partition coefficient (Wildman–Crippen LogP) is 4.29. The molecular weight excluding hydrogens is 363 g/mol. The second kappa shape index (κ2) is 6.53. The Bertz CT molecular complexity index is 981. The summed E-state index contributed by atoms with van der Waals surface area (Å²) in [6, 6.07) is 8.83. The van der Waals surface area contributed by atoms with Crippen molar-refractivity contribution in [3.8, 4) is 5.69 Å². The number of fused-ring (bicyclic) bond motifs is 1. The van der Waals surface area contributed by atoms with Crippen molar-refractivity contribution in [3.63, 3.8) is 0 Å². The topological polar surface area (TPSA) is 46.9 Å². The zero-order chi connectivity index (χ0) is 18.3. The van der Waals surface area contributed by atoms with Crippen LogP contribution in [0.5, 0.6) is 0 Å². The number of amides is 1. The van der Waals surface area contributed by atoms with Crippen molar-refractivity contribution in [2.45, 2.75) is 11.5 Å². The van der Waals surface area contributed by atoms with E-state index < -0.39 is 28.9 Å². The van der Waals surface area contributed by atoms with Gasteiger partial charge >= 0.3 is 0 Å². The molecule has 0 bridgehead atoms. The molecule has 3 aromatic rings. The van der Waals surface area contributed by atoms with Crippen LogP contribution in [0.25, 0.3) is 5.69 Å². The van der Waals surface area contributed by atoms with Gasteiger partial charge < -0.3 is 5.32 Å². The third-order valence-electron chi connectivity index (χ3n) is 4.04. The molecule has 0 fully saturated rings. The summed E-state index contributed by atoms with van der Waals surface area (Å²) in [4.78, 5) is 12.5. The molecule has 0 unspecified atom stereocenters. The number of halogens is 3. The minimum Gasteiger partial charge on any atom is -0.306 e. The van der Waals surface area contributed by atoms with E-state index in [0.717, 1.165) is 23.4 Å². The van der Waals surface area contributed by atoms with E-state index >= 15 is 0 Å². The van der Waals surface area contributed by atoms with Gasteiger partial charge in [0.1, 0.15) is 28.8 Å². The van der Waals surface area contributed by atoms with E-state index in [1.165, 1.54) is 35.0 Å². The van der Waals surface area contributed by atoms with E-state index in [9.17, 15) is 18.0 Å². The summed E-state index contributed by atoms with van der Waals surface area (Å²) in [5, 5.41) is 7.03. The molecule has 0 spiro atoms. The lowest BCUT2D eigenvalue weighted by molar-refractivity contribution is 0.101. The minimum absolute atomic E-state index is 0.337. The lowest BCUT2D eigenvalue weighted by Crippen LogP contribution is -2.19. The van der Waals surface area contributed by atoms with Crippen molar-refractivity contribution in [3.05, 3.63) is 76.7 Å². The molecule has 2 heterocycles. The van der Waals surface area contributed by atoms with Crippen LogP contribution < -0.4 is 5.32 Å². The first-order chi connectivity index (χ1) is 12.5. The van der Waals surface area contributed by atoms with Gasteiger partial charge in [-0.1, -0.05) is 6.07 Å². The van der Waals surface area contributed by atoms with Gasteiger partial charge in [0.25, 0.3) is 5.91 Å². The molecule has 0 radical (unpaired) electrons. The maximum atomic E-state index is 13.9. The molecule has 4 nitrogen and oxygen atoms in total. The maximum Gasteiger partial charge on any atom is 0.262 e. The third kappa shape index (κ3) is 2.86. The Kier molecular flexibility index (Phi) is 4.20. The molecule has 1 aliphatic heterocycles. The summed E-state index contributed by atoms with van der Waals surface area (Å²) in [5.74, 6) is -1.56. The second-order valence-electron chi connectivity index (χ2n) is 5.71. The highest BCUT2D eigenvalue weighted by Crippen LogP contribution is 2.36. The first-order valence-corrected chi connectivity index (χ1v) is 8.90. The van der Waals surface area contributed by atoms with Gasteiger partial charge in [-0.25, -0.2) is 17.9 Å². The first-order valence-electron chi connectivity index (χ1n) is 7.74. The van der Waals surface area contributed by atoms with Crippen LogP contribution in [-0.4, -0.2) is 15.7 Å². The third-order valence-corrected chi connectivity index (χ3v) is 5.02. The standard InChI is InChI=1S/C18H12F3N3OS/c19-10-4-6-11(7-5-10)24-17(12-8-26-9-15(12)23-24)22-18(25)16-13(20)2-1-3-14(16)21/h1-7H,8-9H2,(H,22,25). The Morgan fingerprint density at radius 3 is 2.42 bits per heavy atom. The predicted molar refractivity (Wildman–Crippen MR) is 92.8 cm³/mol. The zero-order valence-corrected chi connectivity index (χ0v) is 14.1. The maximum absolute atomic E-state index is 13.9. The molecule has 1 N–H and O–H groups in total. The summed E-state index contributed by atoms with van der Waals surface area (Å²) in [7, 11) is 0. The Hall–Kier alpha value is -2.74. The van der Waals surface area contributed by atoms with E-state index in [1.54, 1.807) is 11.8 Å². The molecule has 132 valence electrons. The average molecular weight is 375 g/mol. The van der Waals surface area contributed by atoms with Gasteiger partial charge in [-0.15, -0.1) is 0 Å². The molecule has 0 aliphatic carbocycles. The summed E-state index contributed by atoms with van der Waals surface area (Å²) < 4.78 is 42.5. The van der Waals surface area contributed by atoms with E-state index in [2.05, 4.69) is 10.4 Å². The van der Waals surface area contributed by atoms with Crippen molar-refractivity contribution >= 4 is 23.5 Å². The van der Waals surface area contributed by atoms with Crippen molar-refractivity contribution in [2.75, 3.05) is 5.32 Å². The molecule has 8 heteroatoms. The van der Waals surface area contributed by atoms with Gasteiger partial charge in [0.2, 0.25) is 0 Å².